The van der Waals surface area contributed by atoms with Crippen LogP contribution in [0.3, 0.4) is 0 Å². The van der Waals surface area contributed by atoms with Crippen molar-refractivity contribution in [2.24, 2.45) is 4.99 Å². The second kappa shape index (κ2) is 11.3. The van der Waals surface area contributed by atoms with Gasteiger partial charge in [-0.1, -0.05) is 61.8 Å². The number of benzodiazepines with no additional fused rings is 1. The molecule has 0 bridgehead atoms. The Hall–Kier alpha value is -4.09. The molecule has 0 aromatic heterocycles. The maximum absolute atomic E-state index is 14.3. The normalized spacial score (nSPS) is 15.1. The molecule has 0 radical (unpaired) electrons. The number of ether oxygens (including phenoxy) is 1. The van der Waals surface area contributed by atoms with Crippen molar-refractivity contribution in [3.63, 3.8) is 0 Å². The van der Waals surface area contributed by atoms with Gasteiger partial charge in [-0.05, 0) is 77.2 Å². The summed E-state index contributed by atoms with van der Waals surface area (Å²) in [7, 11) is 1.63. The van der Waals surface area contributed by atoms with Gasteiger partial charge in [0.15, 0.2) is 0 Å². The molecule has 1 heterocycles. The lowest BCUT2D eigenvalue weighted by molar-refractivity contribution is -0.119. The van der Waals surface area contributed by atoms with E-state index in [4.69, 9.17) is 21.3 Å². The molecule has 0 saturated carbocycles. The first-order valence-electron chi connectivity index (χ1n) is 13.0. The molecule has 1 amide bonds. The van der Waals surface area contributed by atoms with Crippen LogP contribution in [0.4, 0.5) is 5.69 Å². The highest BCUT2D eigenvalue weighted by Crippen LogP contribution is 2.33. The van der Waals surface area contributed by atoms with Gasteiger partial charge in [-0.2, -0.15) is 0 Å². The second-order valence-electron chi connectivity index (χ2n) is 10.1. The van der Waals surface area contributed by atoms with E-state index in [1.54, 1.807) is 30.2 Å². The number of carbonyl (C=O) groups excluding carboxylic acids is 1. The predicted molar refractivity (Wildman–Crippen MR) is 157 cm³/mol. The van der Waals surface area contributed by atoms with Gasteiger partial charge in [0, 0.05) is 22.6 Å². The van der Waals surface area contributed by atoms with Crippen LogP contribution < -0.4 is 9.64 Å². The number of amides is 1. The fourth-order valence-electron chi connectivity index (χ4n) is 4.83. The monoisotopic (exact) mass is 538 g/mol. The van der Waals surface area contributed by atoms with Crippen molar-refractivity contribution in [2.45, 2.75) is 38.8 Å². The molecule has 1 aliphatic heterocycles. The number of methoxy groups -OCH3 is 1. The quantitative estimate of drug-likeness (QED) is 0.271. The maximum Gasteiger partial charge on any atom is 0.252 e. The van der Waals surface area contributed by atoms with Crippen molar-refractivity contribution in [1.29, 1.82) is 0 Å². The van der Waals surface area contributed by atoms with Crippen LogP contribution in [0.1, 0.15) is 47.6 Å². The number of anilines is 1. The van der Waals surface area contributed by atoms with Crippen molar-refractivity contribution in [3.05, 3.63) is 124 Å². The van der Waals surface area contributed by atoms with Crippen LogP contribution in [0.5, 0.6) is 11.5 Å². The Morgan fingerprint density at radius 1 is 0.923 bits per heavy atom. The van der Waals surface area contributed by atoms with E-state index in [1.807, 2.05) is 48.5 Å². The Balaban J connectivity index is 1.62. The van der Waals surface area contributed by atoms with Crippen LogP contribution in [0.15, 0.2) is 96.0 Å². The van der Waals surface area contributed by atoms with Gasteiger partial charge >= 0.3 is 0 Å². The van der Waals surface area contributed by atoms with E-state index in [2.05, 4.69) is 38.1 Å². The van der Waals surface area contributed by atoms with Crippen LogP contribution in [0.25, 0.3) is 0 Å². The third-order valence-electron chi connectivity index (χ3n) is 7.06. The number of aliphatic imine (C=N–C) groups is 1. The molecule has 1 aliphatic rings. The summed E-state index contributed by atoms with van der Waals surface area (Å²) in [5.41, 5.74) is 6.25. The molecule has 1 atom stereocenters. The first-order valence-corrected chi connectivity index (χ1v) is 13.4. The number of hydrogen-bond acceptors (Lipinski definition) is 4. The summed E-state index contributed by atoms with van der Waals surface area (Å²) in [6.45, 7) is 4.70. The van der Waals surface area contributed by atoms with E-state index >= 15 is 0 Å². The predicted octanol–water partition coefficient (Wildman–Crippen LogP) is 7.17. The number of halogens is 1. The molecule has 198 valence electrons. The molecular formula is C33H31ClN2O3. The number of phenolic OH excluding ortho intramolecular Hbond substituents is 1. The van der Waals surface area contributed by atoms with Crippen molar-refractivity contribution in [3.8, 4) is 11.5 Å². The maximum atomic E-state index is 14.3. The molecule has 4 aromatic carbocycles. The molecule has 39 heavy (non-hydrogen) atoms. The highest BCUT2D eigenvalue weighted by atomic mass is 35.5. The highest BCUT2D eigenvalue weighted by molar-refractivity contribution is 6.32. The highest BCUT2D eigenvalue weighted by Gasteiger charge is 2.32. The van der Waals surface area contributed by atoms with Crippen LogP contribution in [0.2, 0.25) is 5.02 Å². The lowest BCUT2D eigenvalue weighted by Gasteiger charge is -2.26. The standard InChI is InChI=1S/C33H31ClN2O3/c1-21(2)24-8-4-22(5-9-24)18-30-33(38)36(20-23-6-15-28(39-3)16-7-23)31-17-12-26(34)19-29(31)32(35-30)25-10-13-27(37)14-11-25/h4-17,19,21,30,37H,18,20H2,1-3H3. The topological polar surface area (TPSA) is 62.1 Å². The number of phenols is 1. The first-order chi connectivity index (χ1) is 18.8. The molecule has 5 nitrogen and oxygen atoms in total. The smallest absolute Gasteiger partial charge is 0.252 e. The largest absolute Gasteiger partial charge is 0.508 e. The molecule has 0 aliphatic carbocycles. The third kappa shape index (κ3) is 5.84. The number of benzene rings is 4. The second-order valence-corrected chi connectivity index (χ2v) is 10.5. The van der Waals surface area contributed by atoms with E-state index in [9.17, 15) is 9.90 Å². The minimum Gasteiger partial charge on any atom is -0.508 e. The van der Waals surface area contributed by atoms with Gasteiger partial charge in [0.1, 0.15) is 17.5 Å². The van der Waals surface area contributed by atoms with Crippen LogP contribution in [-0.4, -0.2) is 29.9 Å². The number of aromatic hydroxyl groups is 1. The van der Waals surface area contributed by atoms with Gasteiger partial charge in [-0.15, -0.1) is 0 Å². The van der Waals surface area contributed by atoms with E-state index < -0.39 is 6.04 Å². The third-order valence-corrected chi connectivity index (χ3v) is 7.29. The Labute approximate surface area is 234 Å². The Kier molecular flexibility index (Phi) is 7.71. The molecule has 5 rings (SSSR count). The SMILES string of the molecule is COc1ccc(CN2C(=O)C(Cc3ccc(C(C)C)cc3)N=C(c3ccc(O)cc3)c3cc(Cl)ccc32)cc1. The minimum absolute atomic E-state index is 0.0869. The number of nitrogens with zero attached hydrogens (tertiary/aromatic N) is 2. The summed E-state index contributed by atoms with van der Waals surface area (Å²) >= 11 is 6.48. The van der Waals surface area contributed by atoms with E-state index in [0.29, 0.717) is 29.6 Å². The van der Waals surface area contributed by atoms with Gasteiger partial charge in [-0.3, -0.25) is 9.79 Å². The molecule has 0 fully saturated rings. The molecule has 4 aromatic rings. The zero-order valence-corrected chi connectivity index (χ0v) is 23.0. The number of carbonyl (C=O) groups is 1. The van der Waals surface area contributed by atoms with Crippen LogP contribution in [-0.2, 0) is 17.8 Å². The average Bonchev–Trinajstić information content (AvgIpc) is 3.04. The molecule has 0 saturated heterocycles. The fraction of sp³-hybridized carbons (Fsp3) is 0.212. The number of fused-ring (bicyclic) bond motifs is 1. The first kappa shape index (κ1) is 26.5. The lowest BCUT2D eigenvalue weighted by atomic mass is 9.98. The van der Waals surface area contributed by atoms with Gasteiger partial charge in [-0.25, -0.2) is 0 Å². The summed E-state index contributed by atoms with van der Waals surface area (Å²) in [5.74, 6) is 1.26. The molecule has 0 spiro atoms. The summed E-state index contributed by atoms with van der Waals surface area (Å²) in [5, 5.41) is 10.5. The average molecular weight is 539 g/mol. The van der Waals surface area contributed by atoms with Crippen LogP contribution >= 0.6 is 11.6 Å². The Morgan fingerprint density at radius 2 is 1.59 bits per heavy atom. The van der Waals surface area contributed by atoms with Crippen molar-refractivity contribution >= 4 is 28.9 Å². The summed E-state index contributed by atoms with van der Waals surface area (Å²) < 4.78 is 5.32. The van der Waals surface area contributed by atoms with E-state index in [1.165, 1.54) is 5.56 Å². The van der Waals surface area contributed by atoms with E-state index in [-0.39, 0.29) is 11.7 Å². The van der Waals surface area contributed by atoms with Gasteiger partial charge in [0.2, 0.25) is 0 Å². The summed E-state index contributed by atoms with van der Waals surface area (Å²) in [6, 6.07) is 27.9. The Morgan fingerprint density at radius 3 is 2.23 bits per heavy atom. The zero-order chi connectivity index (χ0) is 27.5. The summed E-state index contributed by atoms with van der Waals surface area (Å²) in [6.07, 6.45) is 0.458. The minimum atomic E-state index is -0.650. The number of rotatable bonds is 7. The van der Waals surface area contributed by atoms with Crippen molar-refractivity contribution < 1.29 is 14.6 Å². The van der Waals surface area contributed by atoms with Gasteiger partial charge < -0.3 is 14.7 Å². The molecule has 1 N–H and O–H groups in total. The van der Waals surface area contributed by atoms with Crippen LogP contribution in [0, 0.1) is 0 Å². The van der Waals surface area contributed by atoms with Crippen molar-refractivity contribution in [1.82, 2.24) is 0 Å². The fourth-order valence-corrected chi connectivity index (χ4v) is 5.01. The van der Waals surface area contributed by atoms with Gasteiger partial charge in [0.05, 0.1) is 25.1 Å². The Bertz CT molecular complexity index is 1490. The summed E-state index contributed by atoms with van der Waals surface area (Å²) in [4.78, 5) is 21.1. The van der Waals surface area contributed by atoms with Crippen molar-refractivity contribution in [2.75, 3.05) is 12.0 Å². The molecule has 1 unspecified atom stereocenters. The molecule has 6 heteroatoms. The molecular weight excluding hydrogens is 508 g/mol. The van der Waals surface area contributed by atoms with Gasteiger partial charge in [0.25, 0.3) is 5.91 Å². The van der Waals surface area contributed by atoms with E-state index in [0.717, 1.165) is 33.7 Å². The number of hydrogen-bond donors (Lipinski definition) is 1. The lowest BCUT2D eigenvalue weighted by Crippen LogP contribution is -2.38. The zero-order valence-electron chi connectivity index (χ0n) is 22.3.